The number of rotatable bonds is 2. The van der Waals surface area contributed by atoms with Crippen LogP contribution in [-0.4, -0.2) is 25.8 Å². The molecule has 0 fully saturated rings. The van der Waals surface area contributed by atoms with Crippen LogP contribution in [-0.2, 0) is 4.79 Å². The van der Waals surface area contributed by atoms with Gasteiger partial charge < -0.3 is 15.9 Å². The fourth-order valence-electron chi connectivity index (χ4n) is 0.225. The summed E-state index contributed by atoms with van der Waals surface area (Å²) in [4.78, 5) is 10.1. The van der Waals surface area contributed by atoms with Crippen molar-refractivity contribution in [1.29, 1.82) is 0 Å². The molecule has 0 bridgehead atoms. The van der Waals surface area contributed by atoms with E-state index in [0.29, 0.717) is 0 Å². The van der Waals surface area contributed by atoms with Gasteiger partial charge in [0, 0.05) is 0 Å². The first-order chi connectivity index (χ1) is 3.85. The molecule has 0 amide bonds. The van der Waals surface area contributed by atoms with E-state index in [9.17, 15) is 4.79 Å². The lowest BCUT2D eigenvalue weighted by atomic mass is 10.2. The minimum Gasteiger partial charge on any atom is -0.480 e. The minimum atomic E-state index is -1.37. The van der Waals surface area contributed by atoms with Gasteiger partial charge in [-0.1, -0.05) is 0 Å². The Morgan fingerprint density at radius 1 is 1.89 bits per heavy atom. The van der Waals surface area contributed by atoms with Gasteiger partial charge in [-0.05, 0) is 29.5 Å². The second kappa shape index (κ2) is 2.80. The summed E-state index contributed by atoms with van der Waals surface area (Å²) in [5, 5.41) is 17.2. The van der Waals surface area contributed by atoms with Crippen LogP contribution in [0.1, 0.15) is 6.92 Å². The minimum absolute atomic E-state index is 1.20. The molecule has 0 unspecified atom stereocenters. The van der Waals surface area contributed by atoms with Gasteiger partial charge in [-0.2, -0.15) is 0 Å². The number of halogens is 1. The van der Waals surface area contributed by atoms with Crippen LogP contribution in [0.25, 0.3) is 0 Å². The number of aliphatic hydroxyl groups is 1. The molecule has 0 radical (unpaired) electrons. The lowest BCUT2D eigenvalue weighted by Crippen LogP contribution is -2.46. The lowest BCUT2D eigenvalue weighted by Gasteiger charge is -2.18. The topological polar surface area (TPSA) is 83.5 Å². The van der Waals surface area contributed by atoms with Crippen LogP contribution in [0.4, 0.5) is 0 Å². The molecule has 0 aromatic rings. The Hall–Kier alpha value is 0.120. The molecule has 5 heteroatoms. The first-order valence-electron chi connectivity index (χ1n) is 2.25. The van der Waals surface area contributed by atoms with E-state index in [0.717, 1.165) is 0 Å². The van der Waals surface area contributed by atoms with Gasteiger partial charge in [0.15, 0.2) is 0 Å². The first kappa shape index (κ1) is 9.12. The molecule has 9 heavy (non-hydrogen) atoms. The third-order valence-electron chi connectivity index (χ3n) is 0.834. The molecule has 0 saturated carbocycles. The van der Waals surface area contributed by atoms with Crippen molar-refractivity contribution in [3.63, 3.8) is 0 Å². The first-order valence-corrected chi connectivity index (χ1v) is 3.33. The van der Waals surface area contributed by atoms with Gasteiger partial charge in [-0.25, -0.2) is 0 Å². The monoisotopic (exact) mass is 245 g/mol. The zero-order valence-electron chi connectivity index (χ0n) is 4.84. The van der Waals surface area contributed by atoms with Crippen molar-refractivity contribution in [1.82, 2.24) is 0 Å². The van der Waals surface area contributed by atoms with E-state index in [-0.39, 0.29) is 0 Å². The number of hydrogen-bond donors (Lipinski definition) is 3. The van der Waals surface area contributed by atoms with Crippen molar-refractivity contribution in [3.8, 4) is 0 Å². The smallest absolute Gasteiger partial charge is 0.324 e. The Morgan fingerprint density at radius 3 is 2.22 bits per heavy atom. The maximum absolute atomic E-state index is 10.1. The van der Waals surface area contributed by atoms with Gasteiger partial charge in [0.2, 0.25) is 0 Å². The Balaban J connectivity index is 4.04. The van der Waals surface area contributed by atoms with Crippen LogP contribution in [0.2, 0.25) is 0 Å². The summed E-state index contributed by atoms with van der Waals surface area (Å²) < 4.78 is -1.37. The zero-order chi connectivity index (χ0) is 7.65. The maximum Gasteiger partial charge on any atom is 0.324 e. The summed E-state index contributed by atoms with van der Waals surface area (Å²) in [5.74, 6) is -1.20. The second-order valence-corrected chi connectivity index (χ2v) is 4.02. The molecule has 0 aliphatic rings. The van der Waals surface area contributed by atoms with E-state index in [4.69, 9.17) is 15.9 Å². The summed E-state index contributed by atoms with van der Waals surface area (Å²) in [7, 11) is 0. The van der Waals surface area contributed by atoms with Crippen molar-refractivity contribution in [2.45, 2.75) is 16.6 Å². The van der Waals surface area contributed by atoms with Gasteiger partial charge in [-0.15, -0.1) is 0 Å². The van der Waals surface area contributed by atoms with Crippen LogP contribution < -0.4 is 5.73 Å². The van der Waals surface area contributed by atoms with Crippen LogP contribution >= 0.6 is 22.6 Å². The molecular formula is C4H8INO3. The maximum atomic E-state index is 10.1. The average molecular weight is 245 g/mol. The Bertz CT molecular complexity index is 119. The zero-order valence-corrected chi connectivity index (χ0v) is 6.99. The van der Waals surface area contributed by atoms with E-state index in [1.54, 1.807) is 22.6 Å². The summed E-state index contributed by atoms with van der Waals surface area (Å²) in [6.45, 7) is 1.34. The highest BCUT2D eigenvalue weighted by molar-refractivity contribution is 14.1. The Labute approximate surface area is 66.2 Å². The molecule has 0 aliphatic heterocycles. The molecule has 0 saturated heterocycles. The van der Waals surface area contributed by atoms with E-state index < -0.39 is 15.6 Å². The van der Waals surface area contributed by atoms with Crippen LogP contribution in [0, 0.1) is 0 Å². The van der Waals surface area contributed by atoms with Gasteiger partial charge >= 0.3 is 5.97 Å². The average Bonchev–Trinajstić information content (AvgIpc) is 1.62. The molecule has 4 nitrogen and oxygen atoms in total. The summed E-state index contributed by atoms with van der Waals surface area (Å²) in [6.07, 6.45) is 0. The fourth-order valence-corrected chi connectivity index (χ4v) is 0.492. The van der Waals surface area contributed by atoms with Gasteiger partial charge in [0.05, 0.1) is 0 Å². The van der Waals surface area contributed by atoms with Crippen LogP contribution in [0.5, 0.6) is 0 Å². The third-order valence-corrected chi connectivity index (χ3v) is 1.50. The van der Waals surface area contributed by atoms with Crippen molar-refractivity contribution in [2.24, 2.45) is 5.73 Å². The van der Waals surface area contributed by atoms with E-state index in [2.05, 4.69) is 0 Å². The molecule has 2 atom stereocenters. The molecule has 0 rings (SSSR count). The molecule has 0 aromatic carbocycles. The molecule has 0 aromatic heterocycles. The van der Waals surface area contributed by atoms with Crippen molar-refractivity contribution >= 4 is 28.6 Å². The molecule has 0 aliphatic carbocycles. The molecule has 0 spiro atoms. The van der Waals surface area contributed by atoms with Crippen molar-refractivity contribution < 1.29 is 15.0 Å². The second-order valence-electron chi connectivity index (χ2n) is 1.84. The van der Waals surface area contributed by atoms with Crippen molar-refractivity contribution in [2.75, 3.05) is 0 Å². The Morgan fingerprint density at radius 2 is 2.22 bits per heavy atom. The predicted octanol–water partition coefficient (Wildman–Crippen LogP) is -0.458. The summed E-state index contributed by atoms with van der Waals surface area (Å²) in [5.41, 5.74) is 5.04. The number of carboxylic acids is 1. The number of carbonyl (C=O) groups is 1. The molecular weight excluding hydrogens is 237 g/mol. The number of nitrogens with two attached hydrogens (primary N) is 1. The summed E-state index contributed by atoms with van der Waals surface area (Å²) in [6, 6.07) is -1.22. The van der Waals surface area contributed by atoms with Crippen molar-refractivity contribution in [3.05, 3.63) is 0 Å². The van der Waals surface area contributed by atoms with E-state index >= 15 is 0 Å². The van der Waals surface area contributed by atoms with Gasteiger partial charge in [0.1, 0.15) is 9.65 Å². The van der Waals surface area contributed by atoms with Crippen LogP contribution in [0.3, 0.4) is 0 Å². The van der Waals surface area contributed by atoms with E-state index in [1.807, 2.05) is 0 Å². The quantitative estimate of drug-likeness (QED) is 0.454. The molecule has 54 valence electrons. The number of carboxylic acid groups (broad SMARTS) is 1. The standard InChI is InChI=1S/C4H8INO3/c1-4(5,9)2(6)3(7)8/h2,9H,6H2,1H3,(H,7,8)/t2-,4-/m1/s1. The van der Waals surface area contributed by atoms with Gasteiger partial charge in [-0.3, -0.25) is 4.79 Å². The normalized spacial score (nSPS) is 20.4. The number of hydrogen-bond acceptors (Lipinski definition) is 3. The van der Waals surface area contributed by atoms with Crippen LogP contribution in [0.15, 0.2) is 0 Å². The van der Waals surface area contributed by atoms with E-state index in [1.165, 1.54) is 6.92 Å². The summed E-state index contributed by atoms with van der Waals surface area (Å²) >= 11 is 1.57. The number of alkyl halides is 1. The Kier molecular flexibility index (Phi) is 2.84. The lowest BCUT2D eigenvalue weighted by molar-refractivity contribution is -0.141. The predicted molar refractivity (Wildman–Crippen MR) is 40.3 cm³/mol. The third kappa shape index (κ3) is 2.97. The highest BCUT2D eigenvalue weighted by atomic mass is 127. The molecule has 0 heterocycles. The fraction of sp³-hybridized carbons (Fsp3) is 0.750. The largest absolute Gasteiger partial charge is 0.480 e. The SMILES string of the molecule is C[C@](O)(I)[C@H](N)C(=O)O. The van der Waals surface area contributed by atoms with Gasteiger partial charge in [0.25, 0.3) is 0 Å². The number of aliphatic carboxylic acids is 1. The highest BCUT2D eigenvalue weighted by Gasteiger charge is 2.30. The highest BCUT2D eigenvalue weighted by Crippen LogP contribution is 2.16. The molecule has 4 N–H and O–H groups in total.